The van der Waals surface area contributed by atoms with E-state index >= 15 is 0 Å². The van der Waals surface area contributed by atoms with Gasteiger partial charge in [0.1, 0.15) is 57.5 Å². The number of hydrogen-bond donors (Lipinski definition) is 4. The molecule has 0 radical (unpaired) electrons. The maximum atomic E-state index is 4.27. The summed E-state index contributed by atoms with van der Waals surface area (Å²) in [7, 11) is 0. The number of fused-ring (bicyclic) bond motifs is 8. The Morgan fingerprint density at radius 1 is 0.433 bits per heavy atom. The van der Waals surface area contributed by atoms with Crippen LogP contribution in [0, 0.1) is 0 Å². The molecule has 4 N–H and O–H groups in total. The third kappa shape index (κ3) is 3.69. The van der Waals surface area contributed by atoms with Gasteiger partial charge >= 0.3 is 0 Å². The number of nitrogens with zero attached hydrogens (tertiary/aromatic N) is 8. The van der Waals surface area contributed by atoms with E-state index in [0.29, 0.717) is 55.5 Å². The first-order chi connectivity index (χ1) is 14.7. The van der Waals surface area contributed by atoms with E-state index in [4.69, 9.17) is 0 Å². The van der Waals surface area contributed by atoms with Crippen LogP contribution in [0.4, 0.5) is 46.5 Å². The molecule has 1 aliphatic rings. The molecule has 14 heteroatoms. The monoisotopic (exact) mass is 528 g/mol. The van der Waals surface area contributed by atoms with Crippen LogP contribution in [0.15, 0.2) is 46.4 Å². The van der Waals surface area contributed by atoms with Crippen molar-refractivity contribution in [3.05, 3.63) is 46.4 Å². The highest BCUT2D eigenvalue weighted by Crippen LogP contribution is 2.33. The van der Waals surface area contributed by atoms with Crippen LogP contribution in [0.3, 0.4) is 0 Å². The Hall–Kier alpha value is -3.52. The number of aromatic nitrogens is 8. The van der Waals surface area contributed by atoms with E-state index in [1.807, 2.05) is 0 Å². The zero-order valence-corrected chi connectivity index (χ0v) is 18.0. The van der Waals surface area contributed by atoms with Crippen molar-refractivity contribution in [3.63, 3.8) is 0 Å². The van der Waals surface area contributed by atoms with E-state index in [0.717, 1.165) is 0 Å². The first-order valence-corrected chi connectivity index (χ1v) is 9.97. The highest BCUT2D eigenvalue weighted by Gasteiger charge is 2.15. The Kier molecular flexibility index (Phi) is 4.76. The van der Waals surface area contributed by atoms with E-state index < -0.39 is 0 Å². The van der Waals surface area contributed by atoms with Crippen molar-refractivity contribution >= 4 is 78.4 Å². The minimum atomic E-state index is 0.516. The maximum Gasteiger partial charge on any atom is 0.151 e. The molecule has 5 rings (SSSR count). The number of nitrogens with one attached hydrogen (secondary N) is 4. The summed E-state index contributed by atoms with van der Waals surface area (Å²) >= 11 is 7.04. The smallest absolute Gasteiger partial charge is 0.151 e. The van der Waals surface area contributed by atoms with Crippen molar-refractivity contribution in [2.75, 3.05) is 21.3 Å². The van der Waals surface area contributed by atoms with Crippen LogP contribution < -0.4 is 21.3 Å². The second-order valence-electron chi connectivity index (χ2n) is 5.85. The summed E-state index contributed by atoms with van der Waals surface area (Å²) in [5.41, 5.74) is 0. The summed E-state index contributed by atoms with van der Waals surface area (Å²) in [5.74, 6) is 4.17. The van der Waals surface area contributed by atoms with Crippen LogP contribution in [0.25, 0.3) is 0 Å². The molecule has 30 heavy (non-hydrogen) atoms. The molecule has 0 amide bonds. The Balaban J connectivity index is 1.65. The van der Waals surface area contributed by atoms with Gasteiger partial charge in [-0.25, -0.2) is 39.9 Å². The zero-order valence-electron chi connectivity index (χ0n) is 14.8. The lowest BCUT2D eigenvalue weighted by Crippen LogP contribution is -2.06. The lowest BCUT2D eigenvalue weighted by Gasteiger charge is -2.14. The normalized spacial score (nSPS) is 12.1. The van der Waals surface area contributed by atoms with E-state index in [2.05, 4.69) is 93.0 Å². The van der Waals surface area contributed by atoms with Gasteiger partial charge in [0.25, 0.3) is 0 Å². The number of halogens is 2. The molecule has 1 aliphatic heterocycles. The molecule has 0 spiro atoms. The van der Waals surface area contributed by atoms with Gasteiger partial charge in [-0.1, -0.05) is 0 Å². The molecule has 12 nitrogen and oxygen atoms in total. The van der Waals surface area contributed by atoms with E-state index in [-0.39, 0.29) is 0 Å². The van der Waals surface area contributed by atoms with E-state index in [1.165, 1.54) is 25.3 Å². The fraction of sp³-hybridized carbons (Fsp3) is 0. The Morgan fingerprint density at radius 3 is 1.00 bits per heavy atom. The standard InChI is InChI=1S/C16H10Br2N12/c17-11-13-23-5-25-15(11)29-9-2-10(22-4-21-9)30-16-12(18)14(24-6-26-16)28-8-1-7(27-13)19-3-20-8/h1-6H,(H4,19,20,21,22,23,24,25,26,27,28,29,30). The highest BCUT2D eigenvalue weighted by molar-refractivity contribution is 9.11. The van der Waals surface area contributed by atoms with Gasteiger partial charge in [0.2, 0.25) is 0 Å². The average Bonchev–Trinajstić information content (AvgIpc) is 2.74. The summed E-state index contributed by atoms with van der Waals surface area (Å²) in [5, 5.41) is 12.6. The second kappa shape index (κ2) is 7.72. The van der Waals surface area contributed by atoms with Crippen molar-refractivity contribution < 1.29 is 0 Å². The molecule has 0 aliphatic carbocycles. The lowest BCUT2D eigenvalue weighted by molar-refractivity contribution is 1.10. The highest BCUT2D eigenvalue weighted by atomic mass is 79.9. The molecule has 148 valence electrons. The SMILES string of the molecule is Brc1c2ncnc1Nc1cc(ncn1)Nc1ncnc(c1Br)Nc1cc(ncn1)N2. The van der Waals surface area contributed by atoms with E-state index in [9.17, 15) is 0 Å². The molecule has 0 aromatic carbocycles. The summed E-state index contributed by atoms with van der Waals surface area (Å²) in [6.07, 6.45) is 5.70. The predicted molar refractivity (Wildman–Crippen MR) is 117 cm³/mol. The molecule has 0 saturated heterocycles. The molecule has 0 fully saturated rings. The minimum absolute atomic E-state index is 0.516. The second-order valence-corrected chi connectivity index (χ2v) is 7.43. The molecule has 4 aromatic rings. The summed E-state index contributed by atoms with van der Waals surface area (Å²) in [6.45, 7) is 0. The molecule has 5 heterocycles. The minimum Gasteiger partial charge on any atom is -0.324 e. The van der Waals surface area contributed by atoms with Crippen LogP contribution >= 0.6 is 31.9 Å². The lowest BCUT2D eigenvalue weighted by atomic mass is 10.4. The largest absolute Gasteiger partial charge is 0.324 e. The van der Waals surface area contributed by atoms with Crippen molar-refractivity contribution in [2.24, 2.45) is 0 Å². The van der Waals surface area contributed by atoms with Gasteiger partial charge in [0.15, 0.2) is 23.3 Å². The summed E-state index contributed by atoms with van der Waals surface area (Å²) < 4.78 is 1.21. The number of anilines is 8. The maximum absolute atomic E-state index is 4.27. The topological polar surface area (TPSA) is 151 Å². The van der Waals surface area contributed by atoms with Crippen LogP contribution in [-0.2, 0) is 0 Å². The average molecular weight is 530 g/mol. The Bertz CT molecular complexity index is 1070. The third-order valence-corrected chi connectivity index (χ3v) is 5.40. The van der Waals surface area contributed by atoms with Crippen LogP contribution in [0.5, 0.6) is 0 Å². The molecular formula is C16H10Br2N12. The fourth-order valence-electron chi connectivity index (χ4n) is 2.56. The van der Waals surface area contributed by atoms with Gasteiger partial charge in [0, 0.05) is 12.1 Å². The third-order valence-electron chi connectivity index (χ3n) is 3.90. The van der Waals surface area contributed by atoms with Crippen LogP contribution in [0.2, 0.25) is 0 Å². The van der Waals surface area contributed by atoms with Gasteiger partial charge in [-0.05, 0) is 31.9 Å². The quantitative estimate of drug-likeness (QED) is 0.231. The van der Waals surface area contributed by atoms with Gasteiger partial charge in [-0.2, -0.15) is 0 Å². The molecular weight excluding hydrogens is 520 g/mol. The predicted octanol–water partition coefficient (Wildman–Crippen LogP) is 3.66. The summed E-state index contributed by atoms with van der Waals surface area (Å²) in [4.78, 5) is 34.0. The Labute approximate surface area is 185 Å². The van der Waals surface area contributed by atoms with Crippen molar-refractivity contribution in [1.29, 1.82) is 0 Å². The van der Waals surface area contributed by atoms with Crippen LogP contribution in [-0.4, -0.2) is 39.9 Å². The Morgan fingerprint density at radius 2 is 0.700 bits per heavy atom. The molecule has 8 bridgehead atoms. The van der Waals surface area contributed by atoms with Crippen LogP contribution in [0.1, 0.15) is 0 Å². The zero-order chi connectivity index (χ0) is 20.5. The summed E-state index contributed by atoms with van der Waals surface area (Å²) in [6, 6.07) is 3.45. The van der Waals surface area contributed by atoms with Gasteiger partial charge in [-0.15, -0.1) is 0 Å². The molecule has 0 saturated carbocycles. The van der Waals surface area contributed by atoms with Crippen molar-refractivity contribution in [1.82, 2.24) is 39.9 Å². The number of hydrogen-bond acceptors (Lipinski definition) is 12. The van der Waals surface area contributed by atoms with Crippen molar-refractivity contribution in [2.45, 2.75) is 0 Å². The molecule has 0 atom stereocenters. The number of rotatable bonds is 0. The molecule has 4 aromatic heterocycles. The van der Waals surface area contributed by atoms with Gasteiger partial charge < -0.3 is 21.3 Å². The first-order valence-electron chi connectivity index (χ1n) is 8.39. The van der Waals surface area contributed by atoms with E-state index in [1.54, 1.807) is 12.1 Å². The van der Waals surface area contributed by atoms with Crippen molar-refractivity contribution in [3.8, 4) is 0 Å². The fourth-order valence-corrected chi connectivity index (χ4v) is 3.37. The molecule has 0 unspecified atom stereocenters. The first kappa shape index (κ1) is 18.5. The van der Waals surface area contributed by atoms with Gasteiger partial charge in [0.05, 0.1) is 0 Å². The van der Waals surface area contributed by atoms with Gasteiger partial charge in [-0.3, -0.25) is 0 Å².